The van der Waals surface area contributed by atoms with Gasteiger partial charge in [-0.2, -0.15) is 0 Å². The van der Waals surface area contributed by atoms with Crippen molar-refractivity contribution in [2.45, 2.75) is 44.7 Å². The quantitative estimate of drug-likeness (QED) is 0.649. The SMILES string of the molecule is CC1CCCN1C(=O)[C@@H]1CCCN1. The molecule has 13 heavy (non-hydrogen) atoms. The van der Waals surface area contributed by atoms with Gasteiger partial charge in [0.15, 0.2) is 0 Å². The summed E-state index contributed by atoms with van der Waals surface area (Å²) in [5.74, 6) is 0.336. The number of nitrogens with zero attached hydrogens (tertiary/aromatic N) is 1. The Morgan fingerprint density at radius 3 is 2.77 bits per heavy atom. The van der Waals surface area contributed by atoms with Crippen LogP contribution in [0, 0.1) is 0 Å². The molecular weight excluding hydrogens is 164 g/mol. The highest BCUT2D eigenvalue weighted by Crippen LogP contribution is 2.19. The summed E-state index contributed by atoms with van der Waals surface area (Å²) < 4.78 is 0. The van der Waals surface area contributed by atoms with Crippen LogP contribution in [0.5, 0.6) is 0 Å². The van der Waals surface area contributed by atoms with Crippen LogP contribution >= 0.6 is 0 Å². The molecule has 0 aliphatic carbocycles. The summed E-state index contributed by atoms with van der Waals surface area (Å²) in [5.41, 5.74) is 0. The van der Waals surface area contributed by atoms with Gasteiger partial charge in [-0.1, -0.05) is 0 Å². The minimum atomic E-state index is 0.126. The number of amides is 1. The second kappa shape index (κ2) is 3.66. The van der Waals surface area contributed by atoms with E-state index >= 15 is 0 Å². The van der Waals surface area contributed by atoms with E-state index < -0.39 is 0 Å². The van der Waals surface area contributed by atoms with Crippen molar-refractivity contribution in [3.63, 3.8) is 0 Å². The predicted octanol–water partition coefficient (Wildman–Crippen LogP) is 0.749. The highest BCUT2D eigenvalue weighted by atomic mass is 16.2. The fourth-order valence-corrected chi connectivity index (χ4v) is 2.36. The second-order valence-corrected chi connectivity index (χ2v) is 4.17. The average molecular weight is 182 g/mol. The monoisotopic (exact) mass is 182 g/mol. The van der Waals surface area contributed by atoms with Crippen molar-refractivity contribution in [1.29, 1.82) is 0 Å². The zero-order valence-electron chi connectivity index (χ0n) is 8.25. The van der Waals surface area contributed by atoms with Gasteiger partial charge in [0.1, 0.15) is 0 Å². The van der Waals surface area contributed by atoms with Crippen LogP contribution in [-0.4, -0.2) is 36.0 Å². The standard InChI is InChI=1S/C10H18N2O/c1-8-4-3-7-12(8)10(13)9-5-2-6-11-9/h8-9,11H,2-7H2,1H3/t8?,9-/m0/s1. The maximum atomic E-state index is 11.9. The molecule has 1 N–H and O–H groups in total. The van der Waals surface area contributed by atoms with Gasteiger partial charge in [0, 0.05) is 12.6 Å². The maximum Gasteiger partial charge on any atom is 0.239 e. The van der Waals surface area contributed by atoms with E-state index in [0.29, 0.717) is 11.9 Å². The molecule has 2 saturated heterocycles. The van der Waals surface area contributed by atoms with E-state index in [9.17, 15) is 4.79 Å². The lowest BCUT2D eigenvalue weighted by molar-refractivity contribution is -0.133. The van der Waals surface area contributed by atoms with E-state index in [1.807, 2.05) is 4.90 Å². The lowest BCUT2D eigenvalue weighted by atomic mass is 10.2. The molecule has 2 atom stereocenters. The lowest BCUT2D eigenvalue weighted by Gasteiger charge is -2.24. The number of hydrogen-bond acceptors (Lipinski definition) is 2. The molecule has 0 radical (unpaired) electrons. The topological polar surface area (TPSA) is 32.3 Å². The second-order valence-electron chi connectivity index (χ2n) is 4.17. The number of carbonyl (C=O) groups excluding carboxylic acids is 1. The van der Waals surface area contributed by atoms with Crippen LogP contribution in [0.25, 0.3) is 0 Å². The number of carbonyl (C=O) groups is 1. The van der Waals surface area contributed by atoms with Crippen molar-refractivity contribution >= 4 is 5.91 Å². The van der Waals surface area contributed by atoms with Crippen molar-refractivity contribution in [3.8, 4) is 0 Å². The normalized spacial score (nSPS) is 34.1. The Balaban J connectivity index is 1.95. The third kappa shape index (κ3) is 1.70. The summed E-state index contributed by atoms with van der Waals surface area (Å²) >= 11 is 0. The fraction of sp³-hybridized carbons (Fsp3) is 0.900. The van der Waals surface area contributed by atoms with Gasteiger partial charge in [-0.05, 0) is 39.2 Å². The van der Waals surface area contributed by atoms with E-state index in [1.54, 1.807) is 0 Å². The van der Waals surface area contributed by atoms with Gasteiger partial charge >= 0.3 is 0 Å². The van der Waals surface area contributed by atoms with Gasteiger partial charge in [0.05, 0.1) is 6.04 Å². The maximum absolute atomic E-state index is 11.9. The molecule has 2 aliphatic heterocycles. The van der Waals surface area contributed by atoms with Gasteiger partial charge in [0.25, 0.3) is 0 Å². The summed E-state index contributed by atoms with van der Waals surface area (Å²) in [6, 6.07) is 0.593. The Labute approximate surface area is 79.5 Å². The first-order valence-electron chi connectivity index (χ1n) is 5.33. The highest BCUT2D eigenvalue weighted by Gasteiger charge is 2.31. The van der Waals surface area contributed by atoms with Gasteiger partial charge in [-0.15, -0.1) is 0 Å². The molecule has 0 spiro atoms. The summed E-state index contributed by atoms with van der Waals surface area (Å²) in [6.07, 6.45) is 4.54. The molecule has 0 aromatic rings. The average Bonchev–Trinajstić information content (AvgIpc) is 2.72. The molecular formula is C10H18N2O. The first-order valence-corrected chi connectivity index (χ1v) is 5.33. The van der Waals surface area contributed by atoms with Crippen LogP contribution in [-0.2, 0) is 4.79 Å². The molecule has 3 nitrogen and oxygen atoms in total. The molecule has 3 heteroatoms. The van der Waals surface area contributed by atoms with Crippen LogP contribution in [0.15, 0.2) is 0 Å². The molecule has 2 heterocycles. The smallest absolute Gasteiger partial charge is 0.239 e. The van der Waals surface area contributed by atoms with Crippen molar-refractivity contribution in [3.05, 3.63) is 0 Å². The fourth-order valence-electron chi connectivity index (χ4n) is 2.36. The minimum absolute atomic E-state index is 0.126. The Kier molecular flexibility index (Phi) is 2.54. The van der Waals surface area contributed by atoms with Crippen LogP contribution in [0.3, 0.4) is 0 Å². The Morgan fingerprint density at radius 1 is 1.38 bits per heavy atom. The van der Waals surface area contributed by atoms with E-state index in [2.05, 4.69) is 12.2 Å². The van der Waals surface area contributed by atoms with E-state index in [0.717, 1.165) is 25.9 Å². The first kappa shape index (κ1) is 9.00. The van der Waals surface area contributed by atoms with Crippen molar-refractivity contribution in [2.75, 3.05) is 13.1 Å². The van der Waals surface area contributed by atoms with Crippen LogP contribution in [0.2, 0.25) is 0 Å². The molecule has 1 amide bonds. The van der Waals surface area contributed by atoms with Gasteiger partial charge in [-0.25, -0.2) is 0 Å². The zero-order valence-corrected chi connectivity index (χ0v) is 8.25. The van der Waals surface area contributed by atoms with E-state index in [-0.39, 0.29) is 6.04 Å². The number of rotatable bonds is 1. The third-order valence-corrected chi connectivity index (χ3v) is 3.19. The summed E-state index contributed by atoms with van der Waals surface area (Å²) in [4.78, 5) is 14.0. The largest absolute Gasteiger partial charge is 0.339 e. The van der Waals surface area contributed by atoms with Crippen LogP contribution in [0.1, 0.15) is 32.6 Å². The van der Waals surface area contributed by atoms with Crippen molar-refractivity contribution in [1.82, 2.24) is 10.2 Å². The molecule has 2 aliphatic rings. The Morgan fingerprint density at radius 2 is 2.23 bits per heavy atom. The molecule has 2 fully saturated rings. The highest BCUT2D eigenvalue weighted by molar-refractivity contribution is 5.82. The molecule has 0 aromatic carbocycles. The van der Waals surface area contributed by atoms with Crippen molar-refractivity contribution < 1.29 is 4.79 Å². The predicted molar refractivity (Wildman–Crippen MR) is 51.4 cm³/mol. The molecule has 0 bridgehead atoms. The summed E-state index contributed by atoms with van der Waals surface area (Å²) in [6.45, 7) is 4.14. The van der Waals surface area contributed by atoms with E-state index in [4.69, 9.17) is 0 Å². The van der Waals surface area contributed by atoms with Crippen LogP contribution in [0.4, 0.5) is 0 Å². The number of likely N-dealkylation sites (tertiary alicyclic amines) is 1. The molecule has 0 aromatic heterocycles. The van der Waals surface area contributed by atoms with Crippen LogP contribution < -0.4 is 5.32 Å². The third-order valence-electron chi connectivity index (χ3n) is 3.19. The van der Waals surface area contributed by atoms with E-state index in [1.165, 1.54) is 12.8 Å². The number of nitrogens with one attached hydrogen (secondary N) is 1. The minimum Gasteiger partial charge on any atom is -0.339 e. The first-order chi connectivity index (χ1) is 6.29. The molecule has 74 valence electrons. The summed E-state index contributed by atoms with van der Waals surface area (Å²) in [5, 5.41) is 3.26. The summed E-state index contributed by atoms with van der Waals surface area (Å²) in [7, 11) is 0. The molecule has 2 rings (SSSR count). The zero-order chi connectivity index (χ0) is 9.26. The van der Waals surface area contributed by atoms with Gasteiger partial charge < -0.3 is 10.2 Å². The van der Waals surface area contributed by atoms with Gasteiger partial charge in [0.2, 0.25) is 5.91 Å². The number of hydrogen-bond donors (Lipinski definition) is 1. The Bertz CT molecular complexity index is 199. The molecule has 0 saturated carbocycles. The van der Waals surface area contributed by atoms with Crippen molar-refractivity contribution in [2.24, 2.45) is 0 Å². The molecule has 1 unspecified atom stereocenters. The van der Waals surface area contributed by atoms with Gasteiger partial charge in [-0.3, -0.25) is 4.79 Å². The lowest BCUT2D eigenvalue weighted by Crippen LogP contribution is -2.44. The Hall–Kier alpha value is -0.570.